The van der Waals surface area contributed by atoms with Crippen molar-refractivity contribution < 1.29 is 17.6 Å². The van der Waals surface area contributed by atoms with E-state index in [1.165, 1.54) is 18.2 Å². The number of rotatable bonds is 1. The van der Waals surface area contributed by atoms with Gasteiger partial charge in [0.1, 0.15) is 11.6 Å². The average molecular weight is 256 g/mol. The van der Waals surface area contributed by atoms with Crippen molar-refractivity contribution in [1.29, 1.82) is 0 Å². The zero-order chi connectivity index (χ0) is 13.3. The Bertz CT molecular complexity index is 579. The van der Waals surface area contributed by atoms with E-state index >= 15 is 0 Å². The Morgan fingerprint density at radius 1 is 1.06 bits per heavy atom. The molecule has 6 heteroatoms. The van der Waals surface area contributed by atoms with Crippen LogP contribution in [0.2, 0.25) is 0 Å². The Balaban J connectivity index is 2.54. The molecule has 1 aromatic heterocycles. The fourth-order valence-electron chi connectivity index (χ4n) is 1.51. The van der Waals surface area contributed by atoms with Crippen LogP contribution in [0.4, 0.5) is 23.4 Å². The highest BCUT2D eigenvalue weighted by atomic mass is 19.4. The molecule has 0 saturated heterocycles. The van der Waals surface area contributed by atoms with Gasteiger partial charge in [-0.2, -0.15) is 13.2 Å². The largest absolute Gasteiger partial charge is 0.419 e. The van der Waals surface area contributed by atoms with Crippen LogP contribution in [-0.2, 0) is 6.18 Å². The van der Waals surface area contributed by atoms with Gasteiger partial charge in [0, 0.05) is 5.56 Å². The van der Waals surface area contributed by atoms with Gasteiger partial charge in [-0.3, -0.25) is 0 Å². The Labute approximate surface area is 100 Å². The molecule has 1 aromatic carbocycles. The van der Waals surface area contributed by atoms with Gasteiger partial charge in [0.15, 0.2) is 0 Å². The molecule has 2 nitrogen and oxygen atoms in total. The molecule has 0 amide bonds. The summed E-state index contributed by atoms with van der Waals surface area (Å²) in [7, 11) is 0. The maximum absolute atomic E-state index is 13.1. The Morgan fingerprint density at radius 2 is 1.78 bits per heavy atom. The first-order valence-corrected chi connectivity index (χ1v) is 4.97. The Kier molecular flexibility index (Phi) is 2.94. The second kappa shape index (κ2) is 4.29. The highest BCUT2D eigenvalue weighted by Crippen LogP contribution is 2.33. The van der Waals surface area contributed by atoms with Gasteiger partial charge in [-0.05, 0) is 30.3 Å². The highest BCUT2D eigenvalue weighted by Gasteiger charge is 2.34. The monoisotopic (exact) mass is 256 g/mol. The molecule has 0 bridgehead atoms. The van der Waals surface area contributed by atoms with Crippen molar-refractivity contribution in [3.8, 4) is 11.3 Å². The summed E-state index contributed by atoms with van der Waals surface area (Å²) < 4.78 is 50.7. The van der Waals surface area contributed by atoms with Gasteiger partial charge in [0.2, 0.25) is 0 Å². The number of anilines is 1. The molecule has 0 saturated carbocycles. The molecule has 0 aliphatic heterocycles. The molecule has 0 radical (unpaired) electrons. The number of hydrogen-bond acceptors (Lipinski definition) is 2. The smallest absolute Gasteiger partial charge is 0.384 e. The summed E-state index contributed by atoms with van der Waals surface area (Å²) in [5.41, 5.74) is 4.55. The standard InChI is InChI=1S/C12H8F4N2/c13-9-5-4-7(6-8(9)12(14,15)16)10-2-1-3-11(17)18-10/h1-6H,(H2,17,18). The summed E-state index contributed by atoms with van der Waals surface area (Å²) in [5, 5.41) is 0. The third kappa shape index (κ3) is 2.42. The van der Waals surface area contributed by atoms with Gasteiger partial charge in [0.25, 0.3) is 0 Å². The second-order valence-electron chi connectivity index (χ2n) is 3.64. The second-order valence-corrected chi connectivity index (χ2v) is 3.64. The van der Waals surface area contributed by atoms with Crippen LogP contribution in [0.5, 0.6) is 0 Å². The molecule has 0 aliphatic carbocycles. The number of benzene rings is 1. The predicted octanol–water partition coefficient (Wildman–Crippen LogP) is 3.49. The number of pyridine rings is 1. The minimum atomic E-state index is -4.74. The maximum Gasteiger partial charge on any atom is 0.419 e. The molecule has 18 heavy (non-hydrogen) atoms. The lowest BCUT2D eigenvalue weighted by Gasteiger charge is -2.10. The number of nitrogens with zero attached hydrogens (tertiary/aromatic N) is 1. The highest BCUT2D eigenvalue weighted by molar-refractivity contribution is 5.62. The lowest BCUT2D eigenvalue weighted by atomic mass is 10.1. The third-order valence-corrected chi connectivity index (χ3v) is 2.34. The first kappa shape index (κ1) is 12.3. The first-order valence-electron chi connectivity index (χ1n) is 4.97. The van der Waals surface area contributed by atoms with Crippen LogP contribution in [0.25, 0.3) is 11.3 Å². The van der Waals surface area contributed by atoms with E-state index in [9.17, 15) is 17.6 Å². The van der Waals surface area contributed by atoms with Crippen LogP contribution in [0.1, 0.15) is 5.56 Å². The quantitative estimate of drug-likeness (QED) is 0.793. The summed E-state index contributed by atoms with van der Waals surface area (Å²) in [6.07, 6.45) is -4.74. The molecule has 94 valence electrons. The molecular weight excluding hydrogens is 248 g/mol. The van der Waals surface area contributed by atoms with Crippen LogP contribution < -0.4 is 5.73 Å². The fraction of sp³-hybridized carbons (Fsp3) is 0.0833. The molecule has 2 N–H and O–H groups in total. The number of aromatic nitrogens is 1. The van der Waals surface area contributed by atoms with E-state index in [2.05, 4.69) is 4.98 Å². The fourth-order valence-corrected chi connectivity index (χ4v) is 1.51. The van der Waals surface area contributed by atoms with Crippen LogP contribution in [0.15, 0.2) is 36.4 Å². The molecule has 2 rings (SSSR count). The number of nitrogens with two attached hydrogens (primary N) is 1. The zero-order valence-electron chi connectivity index (χ0n) is 9.00. The van der Waals surface area contributed by atoms with Crippen molar-refractivity contribution in [2.75, 3.05) is 5.73 Å². The van der Waals surface area contributed by atoms with Crippen LogP contribution in [-0.4, -0.2) is 4.98 Å². The van der Waals surface area contributed by atoms with Gasteiger partial charge >= 0.3 is 6.18 Å². The van der Waals surface area contributed by atoms with E-state index in [0.717, 1.165) is 12.1 Å². The summed E-state index contributed by atoms with van der Waals surface area (Å²) in [4.78, 5) is 3.88. The Hall–Kier alpha value is -2.11. The summed E-state index contributed by atoms with van der Waals surface area (Å²) in [6.45, 7) is 0. The molecule has 1 heterocycles. The SMILES string of the molecule is Nc1cccc(-c2ccc(F)c(C(F)(F)F)c2)n1. The summed E-state index contributed by atoms with van der Waals surface area (Å²) in [5.74, 6) is -1.12. The van der Waals surface area contributed by atoms with Crippen molar-refractivity contribution in [3.63, 3.8) is 0 Å². The normalized spacial score (nSPS) is 11.6. The summed E-state index contributed by atoms with van der Waals surface area (Å²) >= 11 is 0. The van der Waals surface area contributed by atoms with E-state index in [1.807, 2.05) is 0 Å². The van der Waals surface area contributed by atoms with Gasteiger partial charge in [0.05, 0.1) is 11.3 Å². The van der Waals surface area contributed by atoms with E-state index in [0.29, 0.717) is 0 Å². The molecule has 0 unspecified atom stereocenters. The van der Waals surface area contributed by atoms with Crippen LogP contribution in [0.3, 0.4) is 0 Å². The van der Waals surface area contributed by atoms with Crippen LogP contribution >= 0.6 is 0 Å². The molecule has 0 aliphatic rings. The maximum atomic E-state index is 13.1. The third-order valence-electron chi connectivity index (χ3n) is 2.34. The van der Waals surface area contributed by atoms with Crippen molar-refractivity contribution >= 4 is 5.82 Å². The van der Waals surface area contributed by atoms with Crippen LogP contribution in [0, 0.1) is 5.82 Å². The minimum absolute atomic E-state index is 0.163. The topological polar surface area (TPSA) is 38.9 Å². The first-order chi connectivity index (χ1) is 8.38. The molecular formula is C12H8F4N2. The molecule has 0 atom stereocenters. The lowest BCUT2D eigenvalue weighted by molar-refractivity contribution is -0.139. The number of hydrogen-bond donors (Lipinski definition) is 1. The van der Waals surface area contributed by atoms with Gasteiger partial charge < -0.3 is 5.73 Å². The van der Waals surface area contributed by atoms with E-state index < -0.39 is 17.6 Å². The van der Waals surface area contributed by atoms with Crippen molar-refractivity contribution in [2.45, 2.75) is 6.18 Å². The minimum Gasteiger partial charge on any atom is -0.384 e. The molecule has 0 spiro atoms. The van der Waals surface area contributed by atoms with Crippen molar-refractivity contribution in [2.24, 2.45) is 0 Å². The van der Waals surface area contributed by atoms with Gasteiger partial charge in [-0.25, -0.2) is 9.37 Å². The number of nitrogen functional groups attached to an aromatic ring is 1. The van der Waals surface area contributed by atoms with E-state index in [4.69, 9.17) is 5.73 Å². The van der Waals surface area contributed by atoms with Gasteiger partial charge in [-0.15, -0.1) is 0 Å². The molecule has 0 fully saturated rings. The lowest BCUT2D eigenvalue weighted by Crippen LogP contribution is -2.08. The Morgan fingerprint density at radius 3 is 2.39 bits per heavy atom. The number of alkyl halides is 3. The average Bonchev–Trinajstić information content (AvgIpc) is 2.28. The zero-order valence-corrected chi connectivity index (χ0v) is 9.00. The van der Waals surface area contributed by atoms with E-state index in [-0.39, 0.29) is 17.1 Å². The number of halogens is 4. The van der Waals surface area contributed by atoms with Crippen molar-refractivity contribution in [3.05, 3.63) is 47.8 Å². The predicted molar refractivity (Wildman–Crippen MR) is 59.0 cm³/mol. The molecule has 2 aromatic rings. The van der Waals surface area contributed by atoms with Gasteiger partial charge in [-0.1, -0.05) is 6.07 Å². The van der Waals surface area contributed by atoms with Crippen molar-refractivity contribution in [1.82, 2.24) is 4.98 Å². The summed E-state index contributed by atoms with van der Waals surface area (Å²) in [6, 6.07) is 7.29. The van der Waals surface area contributed by atoms with E-state index in [1.54, 1.807) is 6.07 Å².